The topological polar surface area (TPSA) is 47.7 Å². The molecule has 0 spiro atoms. The molecule has 0 aliphatic heterocycles. The van der Waals surface area contributed by atoms with Crippen LogP contribution in [0, 0.1) is 0 Å². The van der Waals surface area contributed by atoms with Crippen LogP contribution in [0.5, 0.6) is 0 Å². The van der Waals surface area contributed by atoms with E-state index < -0.39 is 0 Å². The third-order valence-electron chi connectivity index (χ3n) is 3.23. The lowest BCUT2D eigenvalue weighted by Crippen LogP contribution is -2.45. The fraction of sp³-hybridized carbons (Fsp3) is 1.00. The van der Waals surface area contributed by atoms with Crippen LogP contribution in [0.4, 0.5) is 0 Å². The second-order valence-electron chi connectivity index (χ2n) is 4.50. The Morgan fingerprint density at radius 3 is 2.31 bits per heavy atom. The maximum atomic E-state index is 5.87. The van der Waals surface area contributed by atoms with Crippen molar-refractivity contribution in [2.45, 2.75) is 51.0 Å². The summed E-state index contributed by atoms with van der Waals surface area (Å²) < 4.78 is 10.5. The fourth-order valence-electron chi connectivity index (χ4n) is 2.21. The average molecular weight is 230 g/mol. The molecule has 0 aromatic rings. The number of ether oxygens (including phenoxy) is 2. The van der Waals surface area contributed by atoms with Crippen LogP contribution >= 0.6 is 0 Å². The Bertz CT molecular complexity index is 182. The fourth-order valence-corrected chi connectivity index (χ4v) is 2.21. The van der Waals surface area contributed by atoms with Gasteiger partial charge in [-0.2, -0.15) is 0 Å². The molecule has 1 atom stereocenters. The van der Waals surface area contributed by atoms with E-state index in [0.717, 1.165) is 19.0 Å². The monoisotopic (exact) mass is 230 g/mol. The van der Waals surface area contributed by atoms with Crippen LogP contribution in [0.1, 0.15) is 32.6 Å². The first kappa shape index (κ1) is 13.9. The molecule has 0 heterocycles. The van der Waals surface area contributed by atoms with Crippen LogP contribution in [0.25, 0.3) is 0 Å². The molecule has 96 valence electrons. The number of methoxy groups -OCH3 is 2. The molecule has 0 radical (unpaired) electrons. The van der Waals surface area contributed by atoms with Crippen molar-refractivity contribution in [3.63, 3.8) is 0 Å². The van der Waals surface area contributed by atoms with Crippen LogP contribution in [0.2, 0.25) is 0 Å². The van der Waals surface area contributed by atoms with E-state index in [9.17, 15) is 0 Å². The second kappa shape index (κ2) is 7.22. The third-order valence-corrected chi connectivity index (χ3v) is 3.23. The second-order valence-corrected chi connectivity index (χ2v) is 4.50. The van der Waals surface area contributed by atoms with Crippen LogP contribution < -0.4 is 5.73 Å². The van der Waals surface area contributed by atoms with Crippen molar-refractivity contribution in [1.29, 1.82) is 0 Å². The molecule has 0 amide bonds. The maximum Gasteiger partial charge on any atom is 0.158 e. The molecule has 0 aromatic heterocycles. The average Bonchev–Trinajstić information content (AvgIpc) is 3.13. The van der Waals surface area contributed by atoms with Gasteiger partial charge in [0.1, 0.15) is 0 Å². The molecular formula is C12H26N2O2. The van der Waals surface area contributed by atoms with Gasteiger partial charge >= 0.3 is 0 Å². The molecule has 1 unspecified atom stereocenters. The summed E-state index contributed by atoms with van der Waals surface area (Å²) in [6.07, 6.45) is 4.55. The van der Waals surface area contributed by atoms with Gasteiger partial charge in [-0.1, -0.05) is 6.92 Å². The van der Waals surface area contributed by atoms with Gasteiger partial charge < -0.3 is 15.2 Å². The summed E-state index contributed by atoms with van der Waals surface area (Å²) in [4.78, 5) is 2.53. The normalized spacial score (nSPS) is 18.4. The first-order valence-electron chi connectivity index (χ1n) is 6.28. The zero-order valence-corrected chi connectivity index (χ0v) is 10.8. The van der Waals surface area contributed by atoms with E-state index in [0.29, 0.717) is 12.6 Å². The summed E-state index contributed by atoms with van der Waals surface area (Å²) in [6, 6.07) is 1.14. The molecule has 0 bridgehead atoms. The molecule has 1 aliphatic carbocycles. The van der Waals surface area contributed by atoms with Crippen molar-refractivity contribution in [3.8, 4) is 0 Å². The van der Waals surface area contributed by atoms with Gasteiger partial charge in [-0.25, -0.2) is 0 Å². The Labute approximate surface area is 99.1 Å². The van der Waals surface area contributed by atoms with Gasteiger partial charge in [-0.05, 0) is 25.8 Å². The Morgan fingerprint density at radius 2 is 1.94 bits per heavy atom. The standard InChI is InChI=1S/C12H26N2O2/c1-4-7-14(10-5-6-10)11(9-13)8-12(15-2)16-3/h10-12H,4-9,13H2,1-3H3. The van der Waals surface area contributed by atoms with E-state index in [1.54, 1.807) is 14.2 Å². The summed E-state index contributed by atoms with van der Waals surface area (Å²) in [7, 11) is 3.37. The predicted octanol–water partition coefficient (Wildman–Crippen LogP) is 1.20. The predicted molar refractivity (Wildman–Crippen MR) is 65.3 cm³/mol. The van der Waals surface area contributed by atoms with Gasteiger partial charge in [0.15, 0.2) is 6.29 Å². The molecule has 1 aliphatic rings. The number of nitrogens with zero attached hydrogens (tertiary/aromatic N) is 1. The molecule has 4 heteroatoms. The van der Waals surface area contributed by atoms with Crippen molar-refractivity contribution in [2.75, 3.05) is 27.3 Å². The minimum atomic E-state index is -0.133. The number of rotatable bonds is 9. The molecule has 0 saturated heterocycles. The number of hydrogen-bond donors (Lipinski definition) is 1. The zero-order chi connectivity index (χ0) is 12.0. The Kier molecular flexibility index (Phi) is 6.28. The van der Waals surface area contributed by atoms with Gasteiger partial charge in [-0.3, -0.25) is 4.90 Å². The van der Waals surface area contributed by atoms with E-state index in [2.05, 4.69) is 11.8 Å². The molecule has 0 aromatic carbocycles. The summed E-state index contributed by atoms with van der Waals surface area (Å²) in [6.45, 7) is 4.03. The third kappa shape index (κ3) is 4.01. The van der Waals surface area contributed by atoms with E-state index in [4.69, 9.17) is 15.2 Å². The van der Waals surface area contributed by atoms with Gasteiger partial charge in [0.25, 0.3) is 0 Å². The smallest absolute Gasteiger partial charge is 0.158 e. The zero-order valence-electron chi connectivity index (χ0n) is 10.8. The molecule has 1 fully saturated rings. The van der Waals surface area contributed by atoms with Crippen LogP contribution in [0.15, 0.2) is 0 Å². The highest BCUT2D eigenvalue weighted by Crippen LogP contribution is 2.29. The largest absolute Gasteiger partial charge is 0.356 e. The molecule has 4 nitrogen and oxygen atoms in total. The van der Waals surface area contributed by atoms with Gasteiger partial charge in [0, 0.05) is 39.3 Å². The SMILES string of the molecule is CCCN(C1CC1)C(CN)CC(OC)OC. The van der Waals surface area contributed by atoms with E-state index in [1.807, 2.05) is 0 Å². The van der Waals surface area contributed by atoms with Gasteiger partial charge in [0.05, 0.1) is 0 Å². The Morgan fingerprint density at radius 1 is 1.31 bits per heavy atom. The maximum absolute atomic E-state index is 5.87. The molecule has 1 saturated carbocycles. The Balaban J connectivity index is 2.48. The lowest BCUT2D eigenvalue weighted by Gasteiger charge is -2.32. The van der Waals surface area contributed by atoms with Gasteiger partial charge in [0.2, 0.25) is 0 Å². The lowest BCUT2D eigenvalue weighted by molar-refractivity contribution is -0.117. The first-order valence-corrected chi connectivity index (χ1v) is 6.28. The number of hydrogen-bond acceptors (Lipinski definition) is 4. The van der Waals surface area contributed by atoms with Crippen molar-refractivity contribution in [3.05, 3.63) is 0 Å². The quantitative estimate of drug-likeness (QED) is 0.605. The van der Waals surface area contributed by atoms with Crippen LogP contribution in [0.3, 0.4) is 0 Å². The number of nitrogens with two attached hydrogens (primary N) is 1. The van der Waals surface area contributed by atoms with E-state index in [1.165, 1.54) is 19.3 Å². The highest BCUT2D eigenvalue weighted by molar-refractivity contribution is 4.89. The van der Waals surface area contributed by atoms with Crippen molar-refractivity contribution < 1.29 is 9.47 Å². The van der Waals surface area contributed by atoms with E-state index in [-0.39, 0.29) is 6.29 Å². The first-order chi connectivity index (χ1) is 7.76. The Hall–Kier alpha value is -0.160. The van der Waals surface area contributed by atoms with Crippen molar-refractivity contribution in [1.82, 2.24) is 4.90 Å². The molecule has 2 N–H and O–H groups in total. The van der Waals surface area contributed by atoms with E-state index >= 15 is 0 Å². The summed E-state index contributed by atoms with van der Waals surface area (Å²) in [5, 5.41) is 0. The summed E-state index contributed by atoms with van der Waals surface area (Å²) in [5.41, 5.74) is 5.87. The minimum absolute atomic E-state index is 0.133. The highest BCUT2D eigenvalue weighted by Gasteiger charge is 2.33. The molecule has 16 heavy (non-hydrogen) atoms. The molecule has 1 rings (SSSR count). The summed E-state index contributed by atoms with van der Waals surface area (Å²) >= 11 is 0. The summed E-state index contributed by atoms with van der Waals surface area (Å²) in [5.74, 6) is 0. The van der Waals surface area contributed by atoms with Crippen molar-refractivity contribution in [2.24, 2.45) is 5.73 Å². The highest BCUT2D eigenvalue weighted by atomic mass is 16.7. The van der Waals surface area contributed by atoms with Gasteiger partial charge in [-0.15, -0.1) is 0 Å². The van der Waals surface area contributed by atoms with Crippen molar-refractivity contribution >= 4 is 0 Å². The molecular weight excluding hydrogens is 204 g/mol. The lowest BCUT2D eigenvalue weighted by atomic mass is 10.1. The van der Waals surface area contributed by atoms with Crippen LogP contribution in [-0.4, -0.2) is 50.6 Å². The minimum Gasteiger partial charge on any atom is -0.356 e. The van der Waals surface area contributed by atoms with Crippen LogP contribution in [-0.2, 0) is 9.47 Å².